The van der Waals surface area contributed by atoms with Gasteiger partial charge in [-0.2, -0.15) is 0 Å². The molecule has 2 aliphatic heterocycles. The Bertz CT molecular complexity index is 1430. The maximum Gasteiger partial charge on any atom is 0.259 e. The molecule has 1 amide bonds. The second kappa shape index (κ2) is 12.9. The molecule has 0 spiro atoms. The van der Waals surface area contributed by atoms with Gasteiger partial charge in [0.05, 0.1) is 32.1 Å². The molecular formula is C26H25Br2ClF2N4O7. The lowest BCUT2D eigenvalue weighted by molar-refractivity contribution is -0.211. The highest BCUT2D eigenvalue weighted by atomic mass is 79.9. The standard InChI is InChI=1S/C26H25Br2ClF2N4O7/c1-40-24-22(34-7-17(32-33-34)11-2-15(30)21(29)16(31)3-11)23(38)20(8-36)42-25(24)26(39)35(18-9-41-10-19(18)37)14-5-12(27)4-13(28)6-14/h2-7,18-20,22-25,36-38H,8-10H2,1H3/t18-,19-,20-,22+,23+,24-,25-/m1/s1. The average Bonchev–Trinajstić information content (AvgIpc) is 3.60. The van der Waals surface area contributed by atoms with Gasteiger partial charge in [-0.05, 0) is 30.3 Å². The van der Waals surface area contributed by atoms with Crippen molar-refractivity contribution in [3.05, 3.63) is 62.1 Å². The summed E-state index contributed by atoms with van der Waals surface area (Å²) in [5, 5.41) is 39.3. The van der Waals surface area contributed by atoms with Gasteiger partial charge in [-0.1, -0.05) is 48.7 Å². The second-order valence-electron chi connectivity index (χ2n) is 9.80. The van der Waals surface area contributed by atoms with Gasteiger partial charge in [-0.25, -0.2) is 13.5 Å². The molecule has 226 valence electrons. The van der Waals surface area contributed by atoms with E-state index >= 15 is 0 Å². The van der Waals surface area contributed by atoms with Gasteiger partial charge in [-0.3, -0.25) is 4.79 Å². The smallest absolute Gasteiger partial charge is 0.259 e. The second-order valence-corrected chi connectivity index (χ2v) is 12.0. The Morgan fingerprint density at radius 3 is 2.40 bits per heavy atom. The summed E-state index contributed by atoms with van der Waals surface area (Å²) in [6.07, 6.45) is -4.99. The Morgan fingerprint density at radius 1 is 1.17 bits per heavy atom. The van der Waals surface area contributed by atoms with Crippen LogP contribution in [0.15, 0.2) is 45.5 Å². The van der Waals surface area contributed by atoms with Crippen LogP contribution in [0.25, 0.3) is 11.3 Å². The molecule has 0 bridgehead atoms. The van der Waals surface area contributed by atoms with Gasteiger partial charge in [0.1, 0.15) is 52.8 Å². The summed E-state index contributed by atoms with van der Waals surface area (Å²) in [5.74, 6) is -2.63. The van der Waals surface area contributed by atoms with Crippen LogP contribution >= 0.6 is 43.5 Å². The van der Waals surface area contributed by atoms with Crippen LogP contribution in [0.3, 0.4) is 0 Å². The van der Waals surface area contributed by atoms with Crippen LogP contribution in [-0.4, -0.2) is 99.7 Å². The molecule has 7 atom stereocenters. The number of amides is 1. The minimum Gasteiger partial charge on any atom is -0.394 e. The van der Waals surface area contributed by atoms with Crippen LogP contribution in [0.1, 0.15) is 6.04 Å². The van der Waals surface area contributed by atoms with Gasteiger partial charge in [0.15, 0.2) is 6.10 Å². The van der Waals surface area contributed by atoms with E-state index in [4.69, 9.17) is 25.8 Å². The van der Waals surface area contributed by atoms with E-state index in [0.29, 0.717) is 14.6 Å². The van der Waals surface area contributed by atoms with Crippen molar-refractivity contribution in [1.29, 1.82) is 0 Å². The maximum absolute atomic E-state index is 14.3. The van der Waals surface area contributed by atoms with Crippen molar-refractivity contribution >= 4 is 55.1 Å². The number of aliphatic hydroxyl groups is 3. The Kier molecular flexibility index (Phi) is 9.61. The van der Waals surface area contributed by atoms with E-state index in [2.05, 4.69) is 42.2 Å². The first-order valence-corrected chi connectivity index (χ1v) is 14.6. The third-order valence-corrected chi connectivity index (χ3v) is 8.47. The molecule has 16 heteroatoms. The minimum atomic E-state index is -1.44. The number of benzene rings is 2. The predicted octanol–water partition coefficient (Wildman–Crippen LogP) is 2.87. The van der Waals surface area contributed by atoms with Gasteiger partial charge < -0.3 is 34.4 Å². The van der Waals surface area contributed by atoms with Crippen molar-refractivity contribution in [1.82, 2.24) is 15.0 Å². The Balaban J connectivity index is 1.54. The summed E-state index contributed by atoms with van der Waals surface area (Å²) < 4.78 is 47.8. The van der Waals surface area contributed by atoms with Gasteiger partial charge in [0, 0.05) is 27.3 Å². The van der Waals surface area contributed by atoms with Crippen molar-refractivity contribution in [2.24, 2.45) is 0 Å². The summed E-state index contributed by atoms with van der Waals surface area (Å²) in [6.45, 7) is -0.612. The van der Waals surface area contributed by atoms with Crippen molar-refractivity contribution in [2.75, 3.05) is 31.8 Å². The summed E-state index contributed by atoms with van der Waals surface area (Å²) in [5.41, 5.74) is 0.490. The van der Waals surface area contributed by atoms with Crippen LogP contribution in [-0.2, 0) is 19.0 Å². The molecule has 2 aromatic carbocycles. The fourth-order valence-electron chi connectivity index (χ4n) is 5.19. The summed E-state index contributed by atoms with van der Waals surface area (Å²) in [7, 11) is 1.31. The molecule has 2 fully saturated rings. The van der Waals surface area contributed by atoms with E-state index in [-0.39, 0.29) is 24.5 Å². The van der Waals surface area contributed by atoms with Gasteiger partial charge in [0.25, 0.3) is 5.91 Å². The number of hydrogen-bond donors (Lipinski definition) is 3. The van der Waals surface area contributed by atoms with E-state index < -0.39 is 71.8 Å². The first-order chi connectivity index (χ1) is 20.0. The van der Waals surface area contributed by atoms with Gasteiger partial charge in [0.2, 0.25) is 0 Å². The number of halogens is 5. The van der Waals surface area contributed by atoms with E-state index in [0.717, 1.165) is 12.1 Å². The van der Waals surface area contributed by atoms with Crippen molar-refractivity contribution < 1.29 is 43.1 Å². The molecule has 3 heterocycles. The molecule has 11 nitrogen and oxygen atoms in total. The van der Waals surface area contributed by atoms with E-state index in [9.17, 15) is 28.9 Å². The lowest BCUT2D eigenvalue weighted by Crippen LogP contribution is -2.63. The largest absolute Gasteiger partial charge is 0.394 e. The number of nitrogens with zero attached hydrogens (tertiary/aromatic N) is 4. The van der Waals surface area contributed by atoms with Crippen LogP contribution in [0.4, 0.5) is 14.5 Å². The zero-order valence-electron chi connectivity index (χ0n) is 21.8. The fraction of sp³-hybridized carbons (Fsp3) is 0.423. The highest BCUT2D eigenvalue weighted by Crippen LogP contribution is 2.37. The predicted molar refractivity (Wildman–Crippen MR) is 152 cm³/mol. The molecule has 5 rings (SSSR count). The molecule has 0 radical (unpaired) electrons. The minimum absolute atomic E-state index is 0.0110. The molecular weight excluding hydrogens is 714 g/mol. The first-order valence-electron chi connectivity index (χ1n) is 12.6. The Morgan fingerprint density at radius 2 is 1.83 bits per heavy atom. The normalized spacial score (nSPS) is 27.8. The molecule has 3 N–H and O–H groups in total. The molecule has 0 unspecified atom stereocenters. The van der Waals surface area contributed by atoms with Crippen LogP contribution < -0.4 is 4.90 Å². The van der Waals surface area contributed by atoms with Crippen molar-refractivity contribution in [3.63, 3.8) is 0 Å². The molecule has 2 aliphatic rings. The maximum atomic E-state index is 14.3. The number of hydrogen-bond acceptors (Lipinski definition) is 9. The Labute approximate surface area is 260 Å². The summed E-state index contributed by atoms with van der Waals surface area (Å²) in [6, 6.07) is 5.19. The number of anilines is 1. The highest BCUT2D eigenvalue weighted by Gasteiger charge is 2.52. The number of ether oxygens (including phenoxy) is 3. The summed E-state index contributed by atoms with van der Waals surface area (Å²) in [4.78, 5) is 15.7. The van der Waals surface area contributed by atoms with E-state index in [1.807, 2.05) is 0 Å². The molecule has 42 heavy (non-hydrogen) atoms. The molecule has 0 aliphatic carbocycles. The van der Waals surface area contributed by atoms with Gasteiger partial charge in [-0.15, -0.1) is 5.10 Å². The van der Waals surface area contributed by atoms with Crippen molar-refractivity contribution in [2.45, 2.75) is 42.6 Å². The van der Waals surface area contributed by atoms with Crippen LogP contribution in [0.5, 0.6) is 0 Å². The zero-order chi connectivity index (χ0) is 30.3. The average molecular weight is 739 g/mol. The van der Waals surface area contributed by atoms with E-state index in [1.165, 1.54) is 22.9 Å². The highest BCUT2D eigenvalue weighted by molar-refractivity contribution is 9.11. The number of methoxy groups -OCH3 is 1. The lowest BCUT2D eigenvalue weighted by Gasteiger charge is -2.45. The number of aliphatic hydroxyl groups excluding tert-OH is 3. The zero-order valence-corrected chi connectivity index (χ0v) is 25.7. The number of carbonyl (C=O) groups excluding carboxylic acids is 1. The lowest BCUT2D eigenvalue weighted by atomic mass is 9.91. The number of rotatable bonds is 7. The van der Waals surface area contributed by atoms with Crippen LogP contribution in [0, 0.1) is 11.6 Å². The number of carbonyl (C=O) groups is 1. The topological polar surface area (TPSA) is 139 Å². The SMILES string of the molecule is CO[C@@H]1[C@@H](n2cc(-c3cc(F)c(Cl)c(F)c3)nn2)[C@@H](O)[C@@H](CO)O[C@H]1C(=O)N(c1cc(Br)cc(Br)c1)[C@@H]1COC[C@H]1O. The van der Waals surface area contributed by atoms with Crippen molar-refractivity contribution in [3.8, 4) is 11.3 Å². The quantitative estimate of drug-likeness (QED) is 0.313. The first kappa shape index (κ1) is 31.3. The molecule has 2 saturated heterocycles. The molecule has 0 saturated carbocycles. The third kappa shape index (κ3) is 5.99. The van der Waals surface area contributed by atoms with Gasteiger partial charge >= 0.3 is 0 Å². The molecule has 3 aromatic rings. The summed E-state index contributed by atoms with van der Waals surface area (Å²) >= 11 is 12.4. The van der Waals surface area contributed by atoms with Crippen LogP contribution in [0.2, 0.25) is 5.02 Å². The Hall–Kier alpha value is -2.08. The number of aromatic nitrogens is 3. The van der Waals surface area contributed by atoms with E-state index in [1.54, 1.807) is 18.2 Å². The monoisotopic (exact) mass is 736 g/mol. The third-order valence-electron chi connectivity index (χ3n) is 7.19. The fourth-order valence-corrected chi connectivity index (χ4v) is 6.57. The molecule has 1 aromatic heterocycles.